The highest BCUT2D eigenvalue weighted by atomic mass is 35.5. The molecule has 1 aliphatic rings. The first-order chi connectivity index (χ1) is 10.2. The van der Waals surface area contributed by atoms with Gasteiger partial charge in [0.25, 0.3) is 0 Å². The number of hydrogen-bond acceptors (Lipinski definition) is 3. The number of hydrogen-bond donors (Lipinski definition) is 1. The average Bonchev–Trinajstić information content (AvgIpc) is 2.96. The third-order valence-corrected chi connectivity index (χ3v) is 5.46. The fourth-order valence-electron chi connectivity index (χ4n) is 2.88. The second kappa shape index (κ2) is 6.39. The number of anilines is 1. The highest BCUT2D eigenvalue weighted by molar-refractivity contribution is 7.10. The molecule has 3 rings (SSSR count). The van der Waals surface area contributed by atoms with Gasteiger partial charge < -0.3 is 10.6 Å². The zero-order valence-corrected chi connectivity index (χ0v) is 13.9. The van der Waals surface area contributed by atoms with Crippen LogP contribution in [-0.2, 0) is 19.4 Å². The molecule has 1 atom stereocenters. The highest BCUT2D eigenvalue weighted by Crippen LogP contribution is 2.32. The van der Waals surface area contributed by atoms with Crippen LogP contribution in [0.2, 0.25) is 5.02 Å². The quantitative estimate of drug-likeness (QED) is 0.912. The first-order valence-corrected chi connectivity index (χ1v) is 8.77. The maximum Gasteiger partial charge on any atom is 0.0440 e. The van der Waals surface area contributed by atoms with Crippen LogP contribution in [0.3, 0.4) is 0 Å². The Hall–Kier alpha value is -1.03. The first-order valence-electron chi connectivity index (χ1n) is 7.51. The van der Waals surface area contributed by atoms with Crippen molar-refractivity contribution in [2.45, 2.75) is 38.8 Å². The average molecular weight is 321 g/mol. The summed E-state index contributed by atoms with van der Waals surface area (Å²) in [5.74, 6) is 0. The van der Waals surface area contributed by atoms with E-state index in [-0.39, 0.29) is 6.04 Å². The van der Waals surface area contributed by atoms with E-state index in [1.807, 2.05) is 17.4 Å². The molecule has 0 amide bonds. The minimum Gasteiger partial charge on any atom is -0.367 e. The van der Waals surface area contributed by atoms with Crippen LogP contribution in [0.5, 0.6) is 0 Å². The molecule has 2 N–H and O–H groups in total. The molecule has 2 aromatic rings. The van der Waals surface area contributed by atoms with E-state index in [0.29, 0.717) is 0 Å². The predicted molar refractivity (Wildman–Crippen MR) is 92.5 cm³/mol. The molecule has 1 aliphatic heterocycles. The van der Waals surface area contributed by atoms with Crippen LogP contribution in [0, 0.1) is 0 Å². The monoisotopic (exact) mass is 320 g/mol. The van der Waals surface area contributed by atoms with Gasteiger partial charge in [0.15, 0.2) is 0 Å². The number of nitrogens with two attached hydrogens (primary N) is 1. The number of benzene rings is 1. The Balaban J connectivity index is 1.89. The van der Waals surface area contributed by atoms with E-state index in [9.17, 15) is 0 Å². The van der Waals surface area contributed by atoms with Crippen molar-refractivity contribution in [1.82, 2.24) is 0 Å². The first kappa shape index (κ1) is 14.9. The maximum absolute atomic E-state index is 6.23. The molecule has 0 bridgehead atoms. The normalized spacial score (nSPS) is 15.9. The topological polar surface area (TPSA) is 29.3 Å². The Morgan fingerprint density at radius 1 is 1.38 bits per heavy atom. The van der Waals surface area contributed by atoms with Crippen LogP contribution in [0.4, 0.5) is 5.69 Å². The predicted octanol–water partition coefficient (Wildman–Crippen LogP) is 4.24. The lowest BCUT2D eigenvalue weighted by atomic mass is 10.0. The van der Waals surface area contributed by atoms with Gasteiger partial charge in [-0.2, -0.15) is 0 Å². The number of halogens is 1. The lowest BCUT2D eigenvalue weighted by molar-refractivity contribution is 0.642. The molecule has 2 nitrogen and oxygen atoms in total. The molecule has 112 valence electrons. The fourth-order valence-corrected chi connectivity index (χ4v) is 3.94. The van der Waals surface area contributed by atoms with Gasteiger partial charge in [-0.15, -0.1) is 11.3 Å². The molecular weight excluding hydrogens is 300 g/mol. The summed E-state index contributed by atoms with van der Waals surface area (Å²) in [6, 6.07) is 8.66. The maximum atomic E-state index is 6.23. The van der Waals surface area contributed by atoms with Crippen LogP contribution in [-0.4, -0.2) is 12.6 Å². The number of fused-ring (bicyclic) bond motifs is 1. The van der Waals surface area contributed by atoms with Gasteiger partial charge in [-0.25, -0.2) is 0 Å². The van der Waals surface area contributed by atoms with Crippen molar-refractivity contribution in [3.8, 4) is 0 Å². The summed E-state index contributed by atoms with van der Waals surface area (Å²) in [5, 5.41) is 3.00. The van der Waals surface area contributed by atoms with E-state index in [0.717, 1.165) is 37.4 Å². The molecule has 1 aromatic heterocycles. The molecule has 0 fully saturated rings. The SMILES string of the molecule is CCC(N)Cc1ccc(Cl)cc1N1CCc2sccc2C1. The molecule has 21 heavy (non-hydrogen) atoms. The number of nitrogens with zero attached hydrogens (tertiary/aromatic N) is 1. The fraction of sp³-hybridized carbons (Fsp3) is 0.412. The van der Waals surface area contributed by atoms with Crippen molar-refractivity contribution in [3.63, 3.8) is 0 Å². The summed E-state index contributed by atoms with van der Waals surface area (Å²) in [7, 11) is 0. The molecule has 0 aliphatic carbocycles. The Labute approximate surface area is 135 Å². The number of rotatable bonds is 4. The second-order valence-corrected chi connectivity index (χ2v) is 7.12. The van der Waals surface area contributed by atoms with Gasteiger partial charge in [0.1, 0.15) is 0 Å². The Morgan fingerprint density at radius 3 is 3.05 bits per heavy atom. The van der Waals surface area contributed by atoms with Crippen LogP contribution in [0.15, 0.2) is 29.6 Å². The Kier molecular flexibility index (Phi) is 4.53. The van der Waals surface area contributed by atoms with E-state index < -0.39 is 0 Å². The van der Waals surface area contributed by atoms with Gasteiger partial charge in [-0.3, -0.25) is 0 Å². The molecule has 0 saturated heterocycles. The van der Waals surface area contributed by atoms with E-state index in [4.69, 9.17) is 17.3 Å². The third kappa shape index (κ3) is 3.25. The van der Waals surface area contributed by atoms with E-state index in [2.05, 4.69) is 35.4 Å². The van der Waals surface area contributed by atoms with Gasteiger partial charge in [-0.05, 0) is 54.0 Å². The van der Waals surface area contributed by atoms with Crippen molar-refractivity contribution in [1.29, 1.82) is 0 Å². The molecule has 4 heteroatoms. The lowest BCUT2D eigenvalue weighted by Gasteiger charge is -2.31. The van der Waals surface area contributed by atoms with Crippen molar-refractivity contribution >= 4 is 28.6 Å². The summed E-state index contributed by atoms with van der Waals surface area (Å²) in [6.07, 6.45) is 3.03. The highest BCUT2D eigenvalue weighted by Gasteiger charge is 2.20. The van der Waals surface area contributed by atoms with Crippen molar-refractivity contribution in [2.24, 2.45) is 5.73 Å². The Bertz CT molecular complexity index is 623. The van der Waals surface area contributed by atoms with Crippen LogP contribution >= 0.6 is 22.9 Å². The summed E-state index contributed by atoms with van der Waals surface area (Å²) in [6.45, 7) is 4.18. The molecule has 0 radical (unpaired) electrons. The molecule has 0 saturated carbocycles. The van der Waals surface area contributed by atoms with Gasteiger partial charge >= 0.3 is 0 Å². The molecule has 1 unspecified atom stereocenters. The van der Waals surface area contributed by atoms with E-state index in [1.165, 1.54) is 21.7 Å². The molecule has 2 heterocycles. The standard InChI is InChI=1S/C17H21ClN2S/c1-2-15(19)9-12-3-4-14(18)10-16(12)20-7-5-17-13(11-20)6-8-21-17/h3-4,6,8,10,15H,2,5,7,9,11,19H2,1H3. The van der Waals surface area contributed by atoms with Crippen LogP contribution in [0.1, 0.15) is 29.3 Å². The summed E-state index contributed by atoms with van der Waals surface area (Å²) < 4.78 is 0. The van der Waals surface area contributed by atoms with Gasteiger partial charge in [0, 0.05) is 34.7 Å². The van der Waals surface area contributed by atoms with Gasteiger partial charge in [0.2, 0.25) is 0 Å². The summed E-state index contributed by atoms with van der Waals surface area (Å²) in [4.78, 5) is 3.97. The second-order valence-electron chi connectivity index (χ2n) is 5.69. The van der Waals surface area contributed by atoms with Crippen LogP contribution in [0.25, 0.3) is 0 Å². The van der Waals surface area contributed by atoms with Crippen molar-refractivity contribution < 1.29 is 0 Å². The van der Waals surface area contributed by atoms with Crippen LogP contribution < -0.4 is 10.6 Å². The number of thiophene rings is 1. The Morgan fingerprint density at radius 2 is 2.24 bits per heavy atom. The van der Waals surface area contributed by atoms with E-state index >= 15 is 0 Å². The van der Waals surface area contributed by atoms with Gasteiger partial charge in [-0.1, -0.05) is 24.6 Å². The van der Waals surface area contributed by atoms with Crippen molar-refractivity contribution in [2.75, 3.05) is 11.4 Å². The lowest BCUT2D eigenvalue weighted by Crippen LogP contribution is -2.31. The molecule has 1 aromatic carbocycles. The summed E-state index contributed by atoms with van der Waals surface area (Å²) in [5.41, 5.74) is 10.2. The minimum atomic E-state index is 0.214. The molecular formula is C17H21ClN2S. The van der Waals surface area contributed by atoms with Crippen molar-refractivity contribution in [3.05, 3.63) is 50.7 Å². The summed E-state index contributed by atoms with van der Waals surface area (Å²) >= 11 is 8.10. The van der Waals surface area contributed by atoms with E-state index in [1.54, 1.807) is 0 Å². The zero-order valence-electron chi connectivity index (χ0n) is 12.3. The van der Waals surface area contributed by atoms with Gasteiger partial charge in [0.05, 0.1) is 0 Å². The smallest absolute Gasteiger partial charge is 0.0440 e. The largest absolute Gasteiger partial charge is 0.367 e. The molecule has 0 spiro atoms. The third-order valence-electron chi connectivity index (χ3n) is 4.20. The minimum absolute atomic E-state index is 0.214. The zero-order chi connectivity index (χ0) is 14.8.